The highest BCUT2D eigenvalue weighted by Gasteiger charge is 2.15. The smallest absolute Gasteiger partial charge is 0.256 e. The van der Waals surface area contributed by atoms with Crippen molar-refractivity contribution in [2.45, 2.75) is 13.8 Å². The van der Waals surface area contributed by atoms with E-state index in [0.717, 1.165) is 11.1 Å². The molecular weight excluding hydrogens is 352 g/mol. The van der Waals surface area contributed by atoms with Crippen LogP contribution in [0.2, 0.25) is 0 Å². The van der Waals surface area contributed by atoms with E-state index < -0.39 is 0 Å². The number of anilines is 2. The predicted molar refractivity (Wildman–Crippen MR) is 111 cm³/mol. The van der Waals surface area contributed by atoms with Gasteiger partial charge in [-0.25, -0.2) is 0 Å². The van der Waals surface area contributed by atoms with Gasteiger partial charge >= 0.3 is 0 Å². The molecular formula is C23H22N2O3. The van der Waals surface area contributed by atoms with Gasteiger partial charge in [0, 0.05) is 22.9 Å². The highest BCUT2D eigenvalue weighted by atomic mass is 16.5. The van der Waals surface area contributed by atoms with E-state index in [9.17, 15) is 9.59 Å². The van der Waals surface area contributed by atoms with Crippen molar-refractivity contribution in [2.75, 3.05) is 17.7 Å². The summed E-state index contributed by atoms with van der Waals surface area (Å²) in [5, 5.41) is 5.79. The molecule has 0 spiro atoms. The molecule has 0 atom stereocenters. The van der Waals surface area contributed by atoms with Crippen LogP contribution in [0.15, 0.2) is 66.7 Å². The molecule has 0 aliphatic carbocycles. The van der Waals surface area contributed by atoms with Gasteiger partial charge < -0.3 is 15.4 Å². The van der Waals surface area contributed by atoms with Gasteiger partial charge in [-0.15, -0.1) is 0 Å². The fraction of sp³-hybridized carbons (Fsp3) is 0.130. The van der Waals surface area contributed by atoms with E-state index in [1.807, 2.05) is 50.2 Å². The van der Waals surface area contributed by atoms with Crippen LogP contribution in [0.3, 0.4) is 0 Å². The third kappa shape index (κ3) is 4.20. The molecule has 0 fully saturated rings. The number of benzene rings is 3. The van der Waals surface area contributed by atoms with Crippen LogP contribution >= 0.6 is 0 Å². The zero-order valence-corrected chi connectivity index (χ0v) is 16.1. The van der Waals surface area contributed by atoms with Gasteiger partial charge in [-0.3, -0.25) is 9.59 Å². The average Bonchev–Trinajstić information content (AvgIpc) is 2.70. The quantitative estimate of drug-likeness (QED) is 0.673. The molecule has 2 N–H and O–H groups in total. The van der Waals surface area contributed by atoms with Crippen LogP contribution in [0.5, 0.6) is 5.75 Å². The zero-order chi connectivity index (χ0) is 20.1. The Morgan fingerprint density at radius 1 is 0.750 bits per heavy atom. The Hall–Kier alpha value is -3.60. The molecule has 3 aromatic carbocycles. The van der Waals surface area contributed by atoms with Crippen LogP contribution in [0.1, 0.15) is 31.8 Å². The molecule has 0 saturated heterocycles. The first kappa shape index (κ1) is 19.2. The molecule has 3 rings (SSSR count). The third-order valence-electron chi connectivity index (χ3n) is 4.47. The van der Waals surface area contributed by atoms with Gasteiger partial charge in [0.1, 0.15) is 5.75 Å². The lowest BCUT2D eigenvalue weighted by Crippen LogP contribution is -2.15. The molecule has 0 aliphatic heterocycles. The summed E-state index contributed by atoms with van der Waals surface area (Å²) < 4.78 is 5.43. The van der Waals surface area contributed by atoms with Crippen molar-refractivity contribution in [1.82, 2.24) is 0 Å². The van der Waals surface area contributed by atoms with E-state index in [2.05, 4.69) is 10.6 Å². The van der Waals surface area contributed by atoms with Gasteiger partial charge in [0.25, 0.3) is 11.8 Å². The van der Waals surface area contributed by atoms with Gasteiger partial charge in [0.2, 0.25) is 0 Å². The largest absolute Gasteiger partial charge is 0.494 e. The van der Waals surface area contributed by atoms with Crippen LogP contribution in [-0.4, -0.2) is 18.9 Å². The van der Waals surface area contributed by atoms with Gasteiger partial charge in [-0.05, 0) is 49.2 Å². The minimum absolute atomic E-state index is 0.206. The Kier molecular flexibility index (Phi) is 5.75. The number of amides is 2. The molecule has 0 heterocycles. The Bertz CT molecular complexity index is 1010. The van der Waals surface area contributed by atoms with Gasteiger partial charge in [-0.2, -0.15) is 0 Å². The summed E-state index contributed by atoms with van der Waals surface area (Å²) >= 11 is 0. The predicted octanol–water partition coefficient (Wildman–Crippen LogP) is 4.82. The number of ether oxygens (including phenoxy) is 1. The molecule has 0 unspecified atom stereocenters. The molecule has 0 aliphatic rings. The maximum Gasteiger partial charge on any atom is 0.256 e. The number of methoxy groups -OCH3 is 1. The molecule has 0 aromatic heterocycles. The summed E-state index contributed by atoms with van der Waals surface area (Å²) in [7, 11) is 1.52. The van der Waals surface area contributed by atoms with Crippen molar-refractivity contribution in [2.24, 2.45) is 0 Å². The van der Waals surface area contributed by atoms with E-state index in [0.29, 0.717) is 28.3 Å². The van der Waals surface area contributed by atoms with Crippen LogP contribution in [0.4, 0.5) is 11.4 Å². The number of hydrogen-bond acceptors (Lipinski definition) is 3. The molecule has 2 amide bonds. The second-order valence-corrected chi connectivity index (χ2v) is 6.46. The summed E-state index contributed by atoms with van der Waals surface area (Å²) in [5.41, 5.74) is 4.04. The Balaban J connectivity index is 1.84. The SMILES string of the molecule is COc1cc(NC(=O)c2ccccc2)c(C)cc1NC(=O)c1ccccc1C. The van der Waals surface area contributed by atoms with Crippen molar-refractivity contribution >= 4 is 23.2 Å². The average molecular weight is 374 g/mol. The van der Waals surface area contributed by atoms with E-state index >= 15 is 0 Å². The lowest BCUT2D eigenvalue weighted by atomic mass is 10.1. The number of carbonyl (C=O) groups is 2. The number of carbonyl (C=O) groups excluding carboxylic acids is 2. The summed E-state index contributed by atoms with van der Waals surface area (Å²) in [5.74, 6) is 0.0511. The molecule has 5 heteroatoms. The Morgan fingerprint density at radius 3 is 2.07 bits per heavy atom. The number of hydrogen-bond donors (Lipinski definition) is 2. The fourth-order valence-corrected chi connectivity index (χ4v) is 2.89. The van der Waals surface area contributed by atoms with Gasteiger partial charge in [0.15, 0.2) is 0 Å². The van der Waals surface area contributed by atoms with Crippen LogP contribution in [-0.2, 0) is 0 Å². The Labute approximate surface area is 164 Å². The topological polar surface area (TPSA) is 67.4 Å². The second kappa shape index (κ2) is 8.39. The molecule has 0 bridgehead atoms. The molecule has 28 heavy (non-hydrogen) atoms. The molecule has 5 nitrogen and oxygen atoms in total. The number of rotatable bonds is 5. The van der Waals surface area contributed by atoms with Crippen LogP contribution in [0, 0.1) is 13.8 Å². The second-order valence-electron chi connectivity index (χ2n) is 6.46. The van der Waals surface area contributed by atoms with Crippen molar-refractivity contribution < 1.29 is 14.3 Å². The van der Waals surface area contributed by atoms with Crippen molar-refractivity contribution in [3.63, 3.8) is 0 Å². The number of nitrogens with one attached hydrogen (secondary N) is 2. The summed E-state index contributed by atoms with van der Waals surface area (Å²) in [6.07, 6.45) is 0. The van der Waals surface area contributed by atoms with E-state index in [1.165, 1.54) is 7.11 Å². The molecule has 0 radical (unpaired) electrons. The van der Waals surface area contributed by atoms with E-state index in [1.54, 1.807) is 30.3 Å². The fourth-order valence-electron chi connectivity index (χ4n) is 2.89. The molecule has 142 valence electrons. The van der Waals surface area contributed by atoms with Crippen molar-refractivity contribution in [3.05, 3.63) is 89.0 Å². The van der Waals surface area contributed by atoms with Gasteiger partial charge in [-0.1, -0.05) is 36.4 Å². The summed E-state index contributed by atoms with van der Waals surface area (Å²) in [4.78, 5) is 25.1. The zero-order valence-electron chi connectivity index (χ0n) is 16.1. The summed E-state index contributed by atoms with van der Waals surface area (Å²) in [6, 6.07) is 19.9. The Morgan fingerprint density at radius 2 is 1.39 bits per heavy atom. The lowest BCUT2D eigenvalue weighted by Gasteiger charge is -2.16. The monoisotopic (exact) mass is 374 g/mol. The van der Waals surface area contributed by atoms with Crippen molar-refractivity contribution in [3.8, 4) is 5.75 Å². The first-order valence-corrected chi connectivity index (χ1v) is 8.91. The van der Waals surface area contributed by atoms with E-state index in [4.69, 9.17) is 4.74 Å². The molecule has 0 saturated carbocycles. The standard InChI is InChI=1S/C23H22N2O3/c1-15-9-7-8-12-18(15)23(27)25-20-13-16(2)19(14-21(20)28-3)24-22(26)17-10-5-4-6-11-17/h4-14H,1-3H3,(H,24,26)(H,25,27). The maximum atomic E-state index is 12.6. The lowest BCUT2D eigenvalue weighted by molar-refractivity contribution is 0.101. The highest BCUT2D eigenvalue weighted by molar-refractivity contribution is 6.07. The maximum absolute atomic E-state index is 12.6. The molecule has 3 aromatic rings. The minimum atomic E-state index is -0.211. The summed E-state index contributed by atoms with van der Waals surface area (Å²) in [6.45, 7) is 3.75. The van der Waals surface area contributed by atoms with Gasteiger partial charge in [0.05, 0.1) is 12.8 Å². The van der Waals surface area contributed by atoms with Crippen LogP contribution in [0.25, 0.3) is 0 Å². The first-order valence-electron chi connectivity index (χ1n) is 8.91. The normalized spacial score (nSPS) is 10.2. The van der Waals surface area contributed by atoms with Crippen LogP contribution < -0.4 is 15.4 Å². The first-order chi connectivity index (χ1) is 13.5. The highest BCUT2D eigenvalue weighted by Crippen LogP contribution is 2.32. The number of aryl methyl sites for hydroxylation is 2. The minimum Gasteiger partial charge on any atom is -0.494 e. The third-order valence-corrected chi connectivity index (χ3v) is 4.47. The van der Waals surface area contributed by atoms with E-state index in [-0.39, 0.29) is 11.8 Å². The van der Waals surface area contributed by atoms with Crippen molar-refractivity contribution in [1.29, 1.82) is 0 Å².